The van der Waals surface area contributed by atoms with Crippen LogP contribution in [0.1, 0.15) is 43.9 Å². The van der Waals surface area contributed by atoms with Crippen LogP contribution in [-0.4, -0.2) is 0 Å². The topological polar surface area (TPSA) is 12.0 Å². The van der Waals surface area contributed by atoms with Gasteiger partial charge < -0.3 is 5.32 Å². The van der Waals surface area contributed by atoms with Crippen LogP contribution in [0.5, 0.6) is 0 Å². The molecule has 0 heterocycles. The van der Waals surface area contributed by atoms with Crippen molar-refractivity contribution < 1.29 is 0 Å². The highest BCUT2D eigenvalue weighted by Gasteiger charge is 2.11. The summed E-state index contributed by atoms with van der Waals surface area (Å²) in [6.07, 6.45) is 3.40. The highest BCUT2D eigenvalue weighted by Crippen LogP contribution is 2.26. The largest absolute Gasteiger partial charge is 0.378 e. The molecule has 1 unspecified atom stereocenters. The van der Waals surface area contributed by atoms with Crippen molar-refractivity contribution in [1.29, 1.82) is 0 Å². The van der Waals surface area contributed by atoms with Crippen molar-refractivity contribution in [2.75, 3.05) is 5.32 Å². The van der Waals surface area contributed by atoms with Gasteiger partial charge >= 0.3 is 0 Å². The molecule has 100 valence electrons. The van der Waals surface area contributed by atoms with E-state index in [1.165, 1.54) is 23.2 Å². The first kappa shape index (κ1) is 13.7. The zero-order valence-corrected chi connectivity index (χ0v) is 11.9. The molecule has 0 aliphatic carbocycles. The van der Waals surface area contributed by atoms with Crippen molar-refractivity contribution in [3.05, 3.63) is 65.7 Å². The first-order valence-electron chi connectivity index (χ1n) is 7.24. The first-order valence-corrected chi connectivity index (χ1v) is 7.24. The normalized spacial score (nSPS) is 12.1. The number of nitrogens with one attached hydrogen (secondary N) is 1. The Labute approximate surface area is 116 Å². The number of rotatable bonds is 6. The van der Waals surface area contributed by atoms with Crippen molar-refractivity contribution in [3.8, 4) is 0 Å². The predicted octanol–water partition coefficient (Wildman–Crippen LogP) is 5.20. The molecule has 0 aliphatic rings. The summed E-state index contributed by atoms with van der Waals surface area (Å²) in [5.41, 5.74) is 4.03. The molecule has 2 aromatic carbocycles. The Balaban J connectivity index is 2.21. The molecule has 0 spiro atoms. The van der Waals surface area contributed by atoms with Gasteiger partial charge in [0.2, 0.25) is 0 Å². The SMILES string of the molecule is CCCC(Nc1ccccc1CC)c1ccccc1. The van der Waals surface area contributed by atoms with Crippen LogP contribution in [0.15, 0.2) is 54.6 Å². The van der Waals surface area contributed by atoms with Crippen molar-refractivity contribution in [1.82, 2.24) is 0 Å². The quantitative estimate of drug-likeness (QED) is 0.746. The molecular formula is C18H23N. The Hall–Kier alpha value is -1.76. The molecule has 2 aromatic rings. The van der Waals surface area contributed by atoms with Crippen LogP contribution in [0, 0.1) is 0 Å². The lowest BCUT2D eigenvalue weighted by Crippen LogP contribution is -2.11. The smallest absolute Gasteiger partial charge is 0.0513 e. The molecule has 1 heteroatoms. The summed E-state index contributed by atoms with van der Waals surface area (Å²) in [5.74, 6) is 0. The second-order valence-corrected chi connectivity index (χ2v) is 4.91. The van der Waals surface area contributed by atoms with Gasteiger partial charge in [0.05, 0.1) is 6.04 Å². The second-order valence-electron chi connectivity index (χ2n) is 4.91. The molecule has 1 N–H and O–H groups in total. The van der Waals surface area contributed by atoms with Crippen molar-refractivity contribution in [3.63, 3.8) is 0 Å². The number of para-hydroxylation sites is 1. The Bertz CT molecular complexity index is 490. The summed E-state index contributed by atoms with van der Waals surface area (Å²) in [4.78, 5) is 0. The van der Waals surface area contributed by atoms with Crippen molar-refractivity contribution in [2.45, 2.75) is 39.2 Å². The third-order valence-corrected chi connectivity index (χ3v) is 3.51. The number of benzene rings is 2. The predicted molar refractivity (Wildman–Crippen MR) is 83.5 cm³/mol. The Morgan fingerprint density at radius 1 is 0.895 bits per heavy atom. The van der Waals surface area contributed by atoms with Crippen LogP contribution in [0.4, 0.5) is 5.69 Å². The van der Waals surface area contributed by atoms with E-state index in [2.05, 4.69) is 73.8 Å². The molecule has 1 atom stereocenters. The minimum absolute atomic E-state index is 0.402. The summed E-state index contributed by atoms with van der Waals surface area (Å²) in [7, 11) is 0. The van der Waals surface area contributed by atoms with E-state index in [9.17, 15) is 0 Å². The van der Waals surface area contributed by atoms with Crippen LogP contribution >= 0.6 is 0 Å². The van der Waals surface area contributed by atoms with Gasteiger partial charge in [0.15, 0.2) is 0 Å². The molecular weight excluding hydrogens is 230 g/mol. The zero-order chi connectivity index (χ0) is 13.5. The molecule has 0 saturated heterocycles. The van der Waals surface area contributed by atoms with Crippen LogP contribution in [0.3, 0.4) is 0 Å². The number of hydrogen-bond acceptors (Lipinski definition) is 1. The van der Waals surface area contributed by atoms with Gasteiger partial charge in [-0.3, -0.25) is 0 Å². The van der Waals surface area contributed by atoms with Crippen LogP contribution in [0.25, 0.3) is 0 Å². The summed E-state index contributed by atoms with van der Waals surface area (Å²) in [6.45, 7) is 4.45. The average Bonchev–Trinajstić information content (AvgIpc) is 2.48. The highest BCUT2D eigenvalue weighted by atomic mass is 14.9. The summed E-state index contributed by atoms with van der Waals surface area (Å²) >= 11 is 0. The molecule has 0 aliphatic heterocycles. The van der Waals surface area contributed by atoms with E-state index < -0.39 is 0 Å². The molecule has 0 amide bonds. The molecule has 0 fully saturated rings. The standard InChI is InChI=1S/C18H23N/c1-3-10-17(16-12-6-5-7-13-16)19-18-14-9-8-11-15(18)4-2/h5-9,11-14,17,19H,3-4,10H2,1-2H3. The molecule has 2 rings (SSSR count). The lowest BCUT2D eigenvalue weighted by Gasteiger charge is -2.21. The third-order valence-electron chi connectivity index (χ3n) is 3.51. The van der Waals surface area contributed by atoms with Crippen molar-refractivity contribution >= 4 is 5.69 Å². The maximum absolute atomic E-state index is 3.72. The van der Waals surface area contributed by atoms with Crippen LogP contribution in [-0.2, 0) is 6.42 Å². The van der Waals surface area contributed by atoms with Crippen LogP contribution in [0.2, 0.25) is 0 Å². The average molecular weight is 253 g/mol. The lowest BCUT2D eigenvalue weighted by molar-refractivity contribution is 0.676. The lowest BCUT2D eigenvalue weighted by atomic mass is 10.0. The Morgan fingerprint density at radius 2 is 1.58 bits per heavy atom. The zero-order valence-electron chi connectivity index (χ0n) is 11.9. The van der Waals surface area contributed by atoms with Gasteiger partial charge in [-0.2, -0.15) is 0 Å². The van der Waals surface area contributed by atoms with Crippen LogP contribution < -0.4 is 5.32 Å². The molecule has 0 radical (unpaired) electrons. The maximum atomic E-state index is 3.72. The molecule has 0 saturated carbocycles. The first-order chi connectivity index (χ1) is 9.35. The van der Waals surface area contributed by atoms with Crippen molar-refractivity contribution in [2.24, 2.45) is 0 Å². The highest BCUT2D eigenvalue weighted by molar-refractivity contribution is 5.52. The Morgan fingerprint density at radius 3 is 2.26 bits per heavy atom. The van der Waals surface area contributed by atoms with Gasteiger partial charge in [0.25, 0.3) is 0 Å². The van der Waals surface area contributed by atoms with Gasteiger partial charge in [0, 0.05) is 5.69 Å². The van der Waals surface area contributed by atoms with E-state index in [1.54, 1.807) is 0 Å². The van der Waals surface area contributed by atoms with E-state index in [-0.39, 0.29) is 0 Å². The fourth-order valence-electron chi connectivity index (χ4n) is 2.45. The van der Waals surface area contributed by atoms with Gasteiger partial charge in [-0.15, -0.1) is 0 Å². The molecule has 1 nitrogen and oxygen atoms in total. The summed E-state index contributed by atoms with van der Waals surface area (Å²) < 4.78 is 0. The number of hydrogen-bond donors (Lipinski definition) is 1. The molecule has 19 heavy (non-hydrogen) atoms. The van der Waals surface area contributed by atoms with E-state index >= 15 is 0 Å². The molecule has 0 aromatic heterocycles. The van der Waals surface area contributed by atoms with E-state index in [4.69, 9.17) is 0 Å². The van der Waals surface area contributed by atoms with Gasteiger partial charge in [-0.1, -0.05) is 68.8 Å². The second kappa shape index (κ2) is 6.98. The van der Waals surface area contributed by atoms with E-state index in [0.29, 0.717) is 6.04 Å². The monoisotopic (exact) mass is 253 g/mol. The maximum Gasteiger partial charge on any atom is 0.0513 e. The van der Waals surface area contributed by atoms with E-state index in [0.717, 1.165) is 12.8 Å². The Kier molecular flexibility index (Phi) is 5.02. The van der Waals surface area contributed by atoms with Gasteiger partial charge in [-0.05, 0) is 30.0 Å². The minimum atomic E-state index is 0.402. The fraction of sp³-hybridized carbons (Fsp3) is 0.333. The number of aryl methyl sites for hydroxylation is 1. The number of anilines is 1. The van der Waals surface area contributed by atoms with Gasteiger partial charge in [0.1, 0.15) is 0 Å². The van der Waals surface area contributed by atoms with Gasteiger partial charge in [-0.25, -0.2) is 0 Å². The third kappa shape index (κ3) is 3.60. The molecule has 0 bridgehead atoms. The fourth-order valence-corrected chi connectivity index (χ4v) is 2.45. The summed E-state index contributed by atoms with van der Waals surface area (Å²) in [5, 5.41) is 3.72. The van der Waals surface area contributed by atoms with E-state index in [1.807, 2.05) is 0 Å². The minimum Gasteiger partial charge on any atom is -0.378 e. The summed E-state index contributed by atoms with van der Waals surface area (Å²) in [6, 6.07) is 19.7.